The molecule has 0 unspecified atom stereocenters. The van der Waals surface area contributed by atoms with Crippen molar-refractivity contribution in [3.63, 3.8) is 0 Å². The SMILES string of the molecule is CCNC(=O)CCn1nc(C(F)(F)F)cc1C. The second kappa shape index (κ2) is 5.20. The largest absolute Gasteiger partial charge is 0.435 e. The van der Waals surface area contributed by atoms with Crippen molar-refractivity contribution in [2.75, 3.05) is 6.54 Å². The van der Waals surface area contributed by atoms with Crippen LogP contribution in [0.5, 0.6) is 0 Å². The van der Waals surface area contributed by atoms with E-state index in [0.717, 1.165) is 6.07 Å². The Labute approximate surface area is 96.8 Å². The van der Waals surface area contributed by atoms with E-state index in [1.807, 2.05) is 0 Å². The van der Waals surface area contributed by atoms with Gasteiger partial charge in [0, 0.05) is 25.2 Å². The van der Waals surface area contributed by atoms with E-state index in [9.17, 15) is 18.0 Å². The first-order valence-electron chi connectivity index (χ1n) is 5.23. The van der Waals surface area contributed by atoms with Gasteiger partial charge in [0.05, 0.1) is 0 Å². The zero-order chi connectivity index (χ0) is 13.1. The van der Waals surface area contributed by atoms with Crippen molar-refractivity contribution in [3.05, 3.63) is 17.5 Å². The fourth-order valence-corrected chi connectivity index (χ4v) is 1.37. The smallest absolute Gasteiger partial charge is 0.356 e. The number of hydrogen-bond acceptors (Lipinski definition) is 2. The number of aromatic nitrogens is 2. The van der Waals surface area contributed by atoms with E-state index >= 15 is 0 Å². The molecule has 0 aliphatic heterocycles. The van der Waals surface area contributed by atoms with Gasteiger partial charge in [-0.1, -0.05) is 0 Å². The molecule has 1 amide bonds. The lowest BCUT2D eigenvalue weighted by Crippen LogP contribution is -2.24. The Morgan fingerprint density at radius 3 is 2.65 bits per heavy atom. The molecule has 0 saturated heterocycles. The first kappa shape index (κ1) is 13.5. The van der Waals surface area contributed by atoms with Crippen LogP contribution in [-0.2, 0) is 17.5 Å². The molecule has 96 valence electrons. The van der Waals surface area contributed by atoms with Crippen LogP contribution in [0.2, 0.25) is 0 Å². The molecule has 1 aromatic rings. The molecule has 17 heavy (non-hydrogen) atoms. The van der Waals surface area contributed by atoms with Crippen molar-refractivity contribution in [1.29, 1.82) is 0 Å². The van der Waals surface area contributed by atoms with Crippen molar-refractivity contribution >= 4 is 5.91 Å². The number of carbonyl (C=O) groups is 1. The molecule has 0 radical (unpaired) electrons. The third kappa shape index (κ3) is 3.76. The minimum atomic E-state index is -4.44. The quantitative estimate of drug-likeness (QED) is 0.883. The molecule has 0 spiro atoms. The highest BCUT2D eigenvalue weighted by Crippen LogP contribution is 2.28. The number of hydrogen-bond donors (Lipinski definition) is 1. The van der Waals surface area contributed by atoms with E-state index in [1.54, 1.807) is 6.92 Å². The van der Waals surface area contributed by atoms with Gasteiger partial charge < -0.3 is 5.32 Å². The van der Waals surface area contributed by atoms with Crippen LogP contribution in [0.25, 0.3) is 0 Å². The summed E-state index contributed by atoms with van der Waals surface area (Å²) in [6.45, 7) is 3.96. The van der Waals surface area contributed by atoms with Gasteiger partial charge >= 0.3 is 6.18 Å². The average Bonchev–Trinajstić information content (AvgIpc) is 2.57. The Bertz CT molecular complexity index is 398. The van der Waals surface area contributed by atoms with Crippen molar-refractivity contribution in [3.8, 4) is 0 Å². The Kier molecular flexibility index (Phi) is 4.14. The van der Waals surface area contributed by atoms with Crippen LogP contribution in [0.15, 0.2) is 6.07 Å². The fourth-order valence-electron chi connectivity index (χ4n) is 1.37. The Balaban J connectivity index is 2.66. The maximum absolute atomic E-state index is 12.3. The zero-order valence-electron chi connectivity index (χ0n) is 9.64. The van der Waals surface area contributed by atoms with E-state index in [2.05, 4.69) is 10.4 Å². The topological polar surface area (TPSA) is 46.9 Å². The van der Waals surface area contributed by atoms with Crippen LogP contribution in [-0.4, -0.2) is 22.2 Å². The number of aryl methyl sites for hydroxylation is 2. The van der Waals surface area contributed by atoms with Crippen LogP contribution in [0.4, 0.5) is 13.2 Å². The highest BCUT2D eigenvalue weighted by atomic mass is 19.4. The highest BCUT2D eigenvalue weighted by molar-refractivity contribution is 5.75. The first-order valence-corrected chi connectivity index (χ1v) is 5.23. The average molecular weight is 249 g/mol. The molecule has 0 atom stereocenters. The first-order chi connectivity index (χ1) is 7.84. The summed E-state index contributed by atoms with van der Waals surface area (Å²) in [5, 5.41) is 5.99. The van der Waals surface area contributed by atoms with Gasteiger partial charge in [-0.25, -0.2) is 0 Å². The van der Waals surface area contributed by atoms with Gasteiger partial charge in [0.2, 0.25) is 5.91 Å². The molecule has 1 heterocycles. The summed E-state index contributed by atoms with van der Waals surface area (Å²) in [6.07, 6.45) is -4.32. The van der Waals surface area contributed by atoms with Crippen LogP contribution in [0.3, 0.4) is 0 Å². The van der Waals surface area contributed by atoms with E-state index < -0.39 is 11.9 Å². The lowest BCUT2D eigenvalue weighted by molar-refractivity contribution is -0.141. The summed E-state index contributed by atoms with van der Waals surface area (Å²) in [4.78, 5) is 11.2. The summed E-state index contributed by atoms with van der Waals surface area (Å²) in [6, 6.07) is 0.970. The van der Waals surface area contributed by atoms with E-state index in [4.69, 9.17) is 0 Å². The minimum absolute atomic E-state index is 0.119. The second-order valence-corrected chi connectivity index (χ2v) is 3.60. The highest BCUT2D eigenvalue weighted by Gasteiger charge is 2.34. The van der Waals surface area contributed by atoms with Gasteiger partial charge in [-0.3, -0.25) is 9.48 Å². The van der Waals surface area contributed by atoms with Crippen LogP contribution < -0.4 is 5.32 Å². The van der Waals surface area contributed by atoms with E-state index in [1.165, 1.54) is 11.6 Å². The summed E-state index contributed by atoms with van der Waals surface area (Å²) in [7, 11) is 0. The van der Waals surface area contributed by atoms with Crippen LogP contribution in [0.1, 0.15) is 24.7 Å². The Hall–Kier alpha value is -1.53. The molecular weight excluding hydrogens is 235 g/mol. The van der Waals surface area contributed by atoms with Gasteiger partial charge in [-0.15, -0.1) is 0 Å². The molecule has 0 aliphatic rings. The van der Waals surface area contributed by atoms with E-state index in [0.29, 0.717) is 12.2 Å². The number of alkyl halides is 3. The summed E-state index contributed by atoms with van der Waals surface area (Å²) < 4.78 is 38.2. The summed E-state index contributed by atoms with van der Waals surface area (Å²) in [5.41, 5.74) is -0.535. The predicted octanol–water partition coefficient (Wildman–Crippen LogP) is 1.74. The number of carbonyl (C=O) groups excluding carboxylic acids is 1. The number of amides is 1. The molecule has 7 heteroatoms. The Morgan fingerprint density at radius 1 is 1.53 bits per heavy atom. The molecule has 0 saturated carbocycles. The predicted molar refractivity (Wildman–Crippen MR) is 55.3 cm³/mol. The lowest BCUT2D eigenvalue weighted by atomic mass is 10.3. The molecule has 1 aromatic heterocycles. The zero-order valence-corrected chi connectivity index (χ0v) is 9.64. The molecular formula is C10H14F3N3O. The summed E-state index contributed by atoms with van der Waals surface area (Å²) >= 11 is 0. The number of halogens is 3. The molecule has 0 aliphatic carbocycles. The van der Waals surface area contributed by atoms with Crippen molar-refractivity contribution in [2.24, 2.45) is 0 Å². The standard InChI is InChI=1S/C10H14F3N3O/c1-3-14-9(17)4-5-16-7(2)6-8(15-16)10(11,12)13/h6H,3-5H2,1-2H3,(H,14,17). The van der Waals surface area contributed by atoms with Gasteiger partial charge in [0.15, 0.2) is 5.69 Å². The maximum Gasteiger partial charge on any atom is 0.435 e. The normalized spacial score (nSPS) is 11.6. The fraction of sp³-hybridized carbons (Fsp3) is 0.600. The van der Waals surface area contributed by atoms with Crippen molar-refractivity contribution < 1.29 is 18.0 Å². The van der Waals surface area contributed by atoms with Crippen molar-refractivity contribution in [2.45, 2.75) is 33.0 Å². The molecule has 0 aromatic carbocycles. The van der Waals surface area contributed by atoms with E-state index in [-0.39, 0.29) is 18.9 Å². The molecule has 4 nitrogen and oxygen atoms in total. The number of nitrogens with zero attached hydrogens (tertiary/aromatic N) is 2. The van der Waals surface area contributed by atoms with Crippen molar-refractivity contribution in [1.82, 2.24) is 15.1 Å². The van der Waals surface area contributed by atoms with Crippen LogP contribution >= 0.6 is 0 Å². The Morgan fingerprint density at radius 2 is 2.18 bits per heavy atom. The summed E-state index contributed by atoms with van der Waals surface area (Å²) in [5.74, 6) is -0.198. The lowest BCUT2D eigenvalue weighted by Gasteiger charge is -2.04. The number of nitrogens with one attached hydrogen (secondary N) is 1. The van der Waals surface area contributed by atoms with Gasteiger partial charge in [0.1, 0.15) is 0 Å². The third-order valence-corrected chi connectivity index (χ3v) is 2.20. The third-order valence-electron chi connectivity index (χ3n) is 2.20. The molecule has 0 bridgehead atoms. The van der Waals surface area contributed by atoms with Crippen LogP contribution in [0, 0.1) is 6.92 Å². The van der Waals surface area contributed by atoms with Gasteiger partial charge in [-0.2, -0.15) is 18.3 Å². The number of rotatable bonds is 4. The van der Waals surface area contributed by atoms with Gasteiger partial charge in [0.25, 0.3) is 0 Å². The second-order valence-electron chi connectivity index (χ2n) is 3.60. The minimum Gasteiger partial charge on any atom is -0.356 e. The molecule has 0 fully saturated rings. The maximum atomic E-state index is 12.3. The molecule has 1 rings (SSSR count). The monoisotopic (exact) mass is 249 g/mol. The van der Waals surface area contributed by atoms with Gasteiger partial charge in [-0.05, 0) is 19.9 Å². The molecule has 1 N–H and O–H groups in total.